The quantitative estimate of drug-likeness (QED) is 0.134. The molecule has 2 aromatic heterocycles. The molecule has 0 aliphatic heterocycles. The van der Waals surface area contributed by atoms with E-state index in [-0.39, 0.29) is 0 Å². The molecule has 2 heterocycles. The maximum absolute atomic E-state index is 8.67. The minimum Gasteiger partial charge on any atom is -0.398 e. The molecule has 11 aromatic rings. The number of para-hydroxylation sites is 3. The topological polar surface area (TPSA) is 59.7 Å². The van der Waals surface area contributed by atoms with Crippen molar-refractivity contribution < 1.29 is 0 Å². The van der Waals surface area contributed by atoms with E-state index in [1.807, 2.05) is 72.8 Å². The van der Waals surface area contributed by atoms with Gasteiger partial charge in [-0.3, -0.25) is 5.41 Å². The Morgan fingerprint density at radius 2 is 1.00 bits per heavy atom. The first-order valence-electron chi connectivity index (χ1n) is 19.6. The van der Waals surface area contributed by atoms with Gasteiger partial charge in [-0.15, -0.1) is 0 Å². The molecule has 0 bridgehead atoms. The summed E-state index contributed by atoms with van der Waals surface area (Å²) in [6.07, 6.45) is 0. The second-order valence-electron chi connectivity index (χ2n) is 14.8. The number of anilines is 1. The van der Waals surface area contributed by atoms with E-state index in [0.717, 1.165) is 33.0 Å². The molecule has 3 N–H and O–H groups in total. The maximum atomic E-state index is 8.67. The molecule has 0 spiro atoms. The molecular formula is C54H40N4. The Balaban J connectivity index is 0.000000147. The van der Waals surface area contributed by atoms with Crippen molar-refractivity contribution in [3.8, 4) is 22.5 Å². The van der Waals surface area contributed by atoms with Gasteiger partial charge >= 0.3 is 0 Å². The number of nitrogens with one attached hydrogen (secondary N) is 1. The van der Waals surface area contributed by atoms with Gasteiger partial charge in [0.2, 0.25) is 0 Å². The summed E-state index contributed by atoms with van der Waals surface area (Å²) in [4.78, 5) is 0. The highest BCUT2D eigenvalue weighted by Crippen LogP contribution is 2.39. The van der Waals surface area contributed by atoms with Gasteiger partial charge < -0.3 is 14.9 Å². The second-order valence-corrected chi connectivity index (χ2v) is 14.8. The Hall–Kier alpha value is -7.69. The smallest absolute Gasteiger partial charge is 0.0705 e. The van der Waals surface area contributed by atoms with Gasteiger partial charge in [0.05, 0.1) is 33.5 Å². The first-order chi connectivity index (χ1) is 28.5. The summed E-state index contributed by atoms with van der Waals surface area (Å²) in [5.41, 5.74) is 19.9. The molecule has 58 heavy (non-hydrogen) atoms. The summed E-state index contributed by atoms with van der Waals surface area (Å²) in [6, 6.07) is 71.9. The average molecular weight is 745 g/mol. The van der Waals surface area contributed by atoms with Gasteiger partial charge in [-0.1, -0.05) is 163 Å². The molecule has 4 heteroatoms. The Morgan fingerprint density at radius 3 is 1.71 bits per heavy atom. The van der Waals surface area contributed by atoms with E-state index in [9.17, 15) is 0 Å². The first kappa shape index (κ1) is 34.8. The molecule has 4 nitrogen and oxygen atoms in total. The lowest BCUT2D eigenvalue weighted by molar-refractivity contribution is 1.17. The van der Waals surface area contributed by atoms with Gasteiger partial charge in [-0.25, -0.2) is 0 Å². The van der Waals surface area contributed by atoms with Gasteiger partial charge in [0.25, 0.3) is 0 Å². The maximum Gasteiger partial charge on any atom is 0.0705 e. The van der Waals surface area contributed by atoms with Gasteiger partial charge in [-0.2, -0.15) is 0 Å². The number of nitrogens with zero attached hydrogens (tertiary/aromatic N) is 2. The van der Waals surface area contributed by atoms with Crippen molar-refractivity contribution in [3.05, 3.63) is 223 Å². The van der Waals surface area contributed by atoms with Gasteiger partial charge in [0, 0.05) is 49.4 Å². The van der Waals surface area contributed by atoms with Crippen LogP contribution in [0.5, 0.6) is 0 Å². The number of hydrogen-bond donors (Lipinski definition) is 2. The molecule has 0 saturated carbocycles. The van der Waals surface area contributed by atoms with E-state index in [0.29, 0.717) is 11.4 Å². The second kappa shape index (κ2) is 14.4. The molecule has 9 aromatic carbocycles. The predicted octanol–water partition coefficient (Wildman–Crippen LogP) is 13.7. The Morgan fingerprint density at radius 1 is 0.448 bits per heavy atom. The number of nitrogens with two attached hydrogens (primary N) is 1. The van der Waals surface area contributed by atoms with Crippen molar-refractivity contribution in [2.75, 3.05) is 5.73 Å². The summed E-state index contributed by atoms with van der Waals surface area (Å²) in [5.74, 6) is 0. The Kier molecular flexibility index (Phi) is 8.65. The van der Waals surface area contributed by atoms with Crippen LogP contribution in [0.15, 0.2) is 206 Å². The lowest BCUT2D eigenvalue weighted by Crippen LogP contribution is -2.06. The fraction of sp³-hybridized carbons (Fsp3) is 0.0185. The van der Waals surface area contributed by atoms with E-state index in [2.05, 4.69) is 150 Å². The van der Waals surface area contributed by atoms with E-state index in [4.69, 9.17) is 11.1 Å². The molecule has 11 rings (SSSR count). The molecule has 0 aliphatic carbocycles. The Bertz CT molecular complexity index is 3260. The van der Waals surface area contributed by atoms with Crippen LogP contribution in [0, 0.1) is 12.3 Å². The molecule has 0 radical (unpaired) electrons. The largest absolute Gasteiger partial charge is 0.398 e. The van der Waals surface area contributed by atoms with Crippen LogP contribution >= 0.6 is 0 Å². The molecule has 0 fully saturated rings. The average Bonchev–Trinajstić information content (AvgIpc) is 3.81. The van der Waals surface area contributed by atoms with Crippen LogP contribution in [0.3, 0.4) is 0 Å². The lowest BCUT2D eigenvalue weighted by atomic mass is 9.95. The van der Waals surface area contributed by atoms with E-state index < -0.39 is 0 Å². The highest BCUT2D eigenvalue weighted by Gasteiger charge is 2.19. The van der Waals surface area contributed by atoms with Gasteiger partial charge in [0.15, 0.2) is 0 Å². The lowest BCUT2D eigenvalue weighted by Gasteiger charge is -2.12. The van der Waals surface area contributed by atoms with Crippen LogP contribution in [0.2, 0.25) is 0 Å². The third kappa shape index (κ3) is 5.91. The predicted molar refractivity (Wildman–Crippen MR) is 246 cm³/mol. The van der Waals surface area contributed by atoms with Crippen molar-refractivity contribution in [1.29, 1.82) is 5.41 Å². The Labute approximate surface area is 337 Å². The number of hydrogen-bond acceptors (Lipinski definition) is 2. The molecule has 276 valence electrons. The zero-order chi connectivity index (χ0) is 39.2. The van der Waals surface area contributed by atoms with Crippen molar-refractivity contribution in [1.82, 2.24) is 9.13 Å². The fourth-order valence-corrected chi connectivity index (χ4v) is 8.49. The van der Waals surface area contributed by atoms with E-state index >= 15 is 0 Å². The van der Waals surface area contributed by atoms with Crippen molar-refractivity contribution in [2.24, 2.45) is 0 Å². The van der Waals surface area contributed by atoms with Crippen molar-refractivity contribution in [2.45, 2.75) is 6.92 Å². The normalized spacial score (nSPS) is 11.3. The van der Waals surface area contributed by atoms with Crippen LogP contribution in [0.4, 0.5) is 5.69 Å². The first-order valence-corrected chi connectivity index (χ1v) is 19.6. The number of rotatable bonds is 5. The summed E-state index contributed by atoms with van der Waals surface area (Å²) in [7, 11) is 0. The zero-order valence-electron chi connectivity index (χ0n) is 32.1. The summed E-state index contributed by atoms with van der Waals surface area (Å²) in [5, 5.41) is 15.9. The fourth-order valence-electron chi connectivity index (χ4n) is 8.49. The minimum absolute atomic E-state index is 0.445. The number of aryl methyl sites for hydroxylation is 1. The molecule has 0 atom stereocenters. The SMILES string of the molecule is Cc1ccc(-n2c3ccccc3c3c(-n4c5ccccc5c5ccccc54)cccc32)cc1.N=C(c1cccc(-c2ccccc2)c1)c1ccc2ccccc2c1N. The van der Waals surface area contributed by atoms with Gasteiger partial charge in [-0.05, 0) is 72.0 Å². The molecule has 0 amide bonds. The number of benzene rings is 9. The van der Waals surface area contributed by atoms with E-state index in [1.165, 1.54) is 60.5 Å². The van der Waals surface area contributed by atoms with Crippen molar-refractivity contribution >= 4 is 65.8 Å². The third-order valence-electron chi connectivity index (χ3n) is 11.3. The van der Waals surface area contributed by atoms with Crippen LogP contribution < -0.4 is 5.73 Å². The molecule has 0 saturated heterocycles. The standard InChI is InChI=1S/C31H22N2.C23H18N2/c1-21-17-19-22(20-18-21)32-28-14-7-4-11-25(28)31-29(32)15-8-16-30(31)33-26-12-5-2-9-23(26)24-10-3-6-13-27(24)33;24-22(21-14-13-17-9-4-5-12-20(17)23(21)25)19-11-6-10-18(15-19)16-7-2-1-3-8-16/h2-20H,1H3;1-15,24H,25H2. The summed E-state index contributed by atoms with van der Waals surface area (Å²) < 4.78 is 4.82. The highest BCUT2D eigenvalue weighted by atomic mass is 15.0. The number of nitrogen functional groups attached to an aromatic ring is 1. The van der Waals surface area contributed by atoms with Gasteiger partial charge in [0.1, 0.15) is 0 Å². The zero-order valence-corrected chi connectivity index (χ0v) is 32.1. The van der Waals surface area contributed by atoms with Crippen LogP contribution in [-0.4, -0.2) is 14.8 Å². The molecule has 0 unspecified atom stereocenters. The highest BCUT2D eigenvalue weighted by molar-refractivity contribution is 6.18. The van der Waals surface area contributed by atoms with Crippen LogP contribution in [-0.2, 0) is 0 Å². The molecular weight excluding hydrogens is 705 g/mol. The monoisotopic (exact) mass is 744 g/mol. The summed E-state index contributed by atoms with van der Waals surface area (Å²) in [6.45, 7) is 2.13. The summed E-state index contributed by atoms with van der Waals surface area (Å²) >= 11 is 0. The van der Waals surface area contributed by atoms with Crippen LogP contribution in [0.1, 0.15) is 16.7 Å². The van der Waals surface area contributed by atoms with Crippen molar-refractivity contribution in [3.63, 3.8) is 0 Å². The third-order valence-corrected chi connectivity index (χ3v) is 11.3. The number of fused-ring (bicyclic) bond motifs is 7. The minimum atomic E-state index is 0.445. The van der Waals surface area contributed by atoms with E-state index in [1.54, 1.807) is 0 Å². The number of aromatic nitrogens is 2. The molecule has 0 aliphatic rings. The van der Waals surface area contributed by atoms with Crippen LogP contribution in [0.25, 0.3) is 76.9 Å².